The second-order valence-electron chi connectivity index (χ2n) is 39.9. The number of ether oxygens (including phenoxy) is 2. The first-order valence-electron chi connectivity index (χ1n) is 49.3. The number of H-pyrrole nitrogens is 2. The van der Waals surface area contributed by atoms with Crippen molar-refractivity contribution in [2.24, 2.45) is 29.4 Å². The van der Waals surface area contributed by atoms with E-state index in [9.17, 15) is 81.5 Å². The van der Waals surface area contributed by atoms with Gasteiger partial charge in [0.25, 0.3) is 0 Å². The van der Waals surface area contributed by atoms with Gasteiger partial charge in [0.2, 0.25) is 0 Å². The number of hydrogen-bond acceptors (Lipinski definition) is 16. The molecule has 16 rings (SSSR count). The molecule has 0 saturated carbocycles. The first-order chi connectivity index (χ1) is 67.2. The zero-order valence-corrected chi connectivity index (χ0v) is 82.6. The standard InChI is InChI=1S/C28H34F3N5O.C24H35F3N4O3.C19H27F3N4O.C12H24N2O2.C11H13F3N2.C9H7NO/c1-19-17-35(23-15-24(29)27(31)25(30)16-23)12-13-36(19)28(37)33-8-4-20-6-10-34(11-7-20)18-21-2-3-26-22(14-21)5-9-32-26;1-16-15-30(18-13-19(25)21(27)20(26)14-18)11-12-31(16)22(32)28-8-5-17-6-9-29(10-7-17)23(33)34-24(2,3)4;1-13-12-25(15-10-16(20)18(22)17(21)11-15)8-9-26(13)19(27)24-7-4-14-2-5-23-6-3-14;1-12(2,3)16-11(15)14-8-5-10(4-7-13)6-9-14;1-7-6-16(3-2-15-7)8-4-9(12)11(14)10(13)5-8;11-6-7-1-2-9-8(5-7)3-4-10-9/h2-3,5,9,14-16,19-20,32H,4,6-8,10-13,17-18H2,1H3,(H,33,37);13-14,16-17H,5-12,15H2,1-4H3,(H,28,32);10-11,13-14,23H,2-9,12H2,1H3,(H,24,27);10H,4-9,13H2,1-3H3;4-5,7,15H,2-3,6H2,1H3;1-6,10H/t19-;16-;13-;;7-;/m111.1./s1. The number of hydrogen-bond donors (Lipinski definition) is 8. The Balaban J connectivity index is 0.000000169. The van der Waals surface area contributed by atoms with Crippen molar-refractivity contribution < 1.29 is 90.9 Å². The lowest BCUT2D eigenvalue weighted by molar-refractivity contribution is 0.0171. The van der Waals surface area contributed by atoms with Gasteiger partial charge in [-0.2, -0.15) is 0 Å². The predicted octanol–water partition coefficient (Wildman–Crippen LogP) is 18.0. The minimum absolute atomic E-state index is 0.104. The van der Waals surface area contributed by atoms with Crippen molar-refractivity contribution in [3.63, 3.8) is 0 Å². The van der Waals surface area contributed by atoms with Crippen molar-refractivity contribution in [1.29, 1.82) is 0 Å². The number of rotatable bonds is 18. The lowest BCUT2D eigenvalue weighted by Crippen LogP contribution is -2.56. The molecule has 9 N–H and O–H groups in total. The molecule has 8 amide bonds. The molecule has 0 aliphatic carbocycles. The third kappa shape index (κ3) is 32.8. The number of carbonyl (C=O) groups is 6. The van der Waals surface area contributed by atoms with Gasteiger partial charge < -0.3 is 95.9 Å². The van der Waals surface area contributed by atoms with Gasteiger partial charge >= 0.3 is 30.3 Å². The van der Waals surface area contributed by atoms with E-state index < -0.39 is 81.0 Å². The largest absolute Gasteiger partial charge is 0.444 e. The Morgan fingerprint density at radius 3 is 1.07 bits per heavy atom. The van der Waals surface area contributed by atoms with Crippen LogP contribution < -0.4 is 51.9 Å². The fraction of sp³-hybridized carbons (Fsp3) is 0.553. The summed E-state index contributed by atoms with van der Waals surface area (Å²) in [6.07, 6.45) is 16.5. The smallest absolute Gasteiger partial charge is 0.410 e. The van der Waals surface area contributed by atoms with Gasteiger partial charge in [-0.3, -0.25) is 9.69 Å². The quantitative estimate of drug-likeness (QED) is 0.0225. The number of nitrogens with one attached hydrogen (secondary N) is 7. The number of piperidine rings is 4. The molecule has 4 atom stereocenters. The minimum Gasteiger partial charge on any atom is -0.444 e. The van der Waals surface area contributed by atoms with Gasteiger partial charge in [0, 0.05) is 261 Å². The Bertz CT molecular complexity index is 5320. The Hall–Kier alpha value is -11.4. The molecule has 8 aliphatic heterocycles. The first kappa shape index (κ1) is 110. The molecule has 6 aromatic carbocycles. The number of aromatic amines is 2. The molecule has 0 radical (unpaired) electrons. The van der Waals surface area contributed by atoms with E-state index in [1.807, 2.05) is 105 Å². The topological polar surface area (TPSA) is 271 Å². The van der Waals surface area contributed by atoms with Gasteiger partial charge in [-0.15, -0.1) is 0 Å². The SMILES string of the molecule is CC(C)(C)OC(=O)N1CCC(CCN)CC1.C[C@@H]1CN(c2cc(F)c(F)c(F)c2)CCN1.C[C@@H]1CN(c2cc(F)c(F)c(F)c2)CCN1C(=O)NCCC1CCN(C(=O)OC(C)(C)C)CC1.C[C@@H]1CN(c2cc(F)c(F)c(F)c2)CCN1C(=O)NCCC1CCN(Cc2ccc3[nH]ccc3c2)CC1.C[C@@H]1CN(c2cc(F)c(F)c(F)c2)CCN1C(=O)NCCC1CCNCC1.O=Cc1ccc2[nH]ccc2c1. The molecule has 0 spiro atoms. The summed E-state index contributed by atoms with van der Waals surface area (Å²) in [5.74, 6) is -13.0. The Morgan fingerprint density at radius 1 is 0.397 bits per heavy atom. The van der Waals surface area contributed by atoms with Gasteiger partial charge in [0.05, 0.1) is 0 Å². The summed E-state index contributed by atoms with van der Waals surface area (Å²) in [5.41, 5.74) is 10.2. The maximum absolute atomic E-state index is 13.6. The van der Waals surface area contributed by atoms with Crippen molar-refractivity contribution in [3.05, 3.63) is 190 Å². The van der Waals surface area contributed by atoms with Crippen LogP contribution >= 0.6 is 0 Å². The first-order valence-corrected chi connectivity index (χ1v) is 49.3. The Labute approximate surface area is 818 Å². The number of nitrogens with zero attached hydrogens (tertiary/aromatic N) is 10. The summed E-state index contributed by atoms with van der Waals surface area (Å²) < 4.78 is 171. The van der Waals surface area contributed by atoms with E-state index >= 15 is 0 Å². The number of urea groups is 3. The number of anilines is 4. The van der Waals surface area contributed by atoms with Gasteiger partial charge in [-0.25, -0.2) is 76.7 Å². The van der Waals surface area contributed by atoms with Crippen molar-refractivity contribution in [1.82, 2.24) is 66.0 Å². The number of aldehydes is 1. The molecule has 26 nitrogen and oxygen atoms in total. The number of nitrogens with two attached hydrogens (primary N) is 1. The highest BCUT2D eigenvalue weighted by Crippen LogP contribution is 2.33. The summed E-state index contributed by atoms with van der Waals surface area (Å²) in [7, 11) is 0. The lowest BCUT2D eigenvalue weighted by atomic mass is 9.93. The van der Waals surface area contributed by atoms with Gasteiger partial charge in [0.1, 0.15) is 17.5 Å². The van der Waals surface area contributed by atoms with E-state index in [2.05, 4.69) is 65.7 Å². The number of halogens is 12. The Morgan fingerprint density at radius 2 is 0.730 bits per heavy atom. The molecule has 0 unspecified atom stereocenters. The molecular formula is C103H140F12N18O8. The van der Waals surface area contributed by atoms with Crippen LogP contribution in [0.2, 0.25) is 0 Å². The summed E-state index contributed by atoms with van der Waals surface area (Å²) in [4.78, 5) is 96.9. The molecule has 8 aromatic rings. The number of piperazine rings is 4. The van der Waals surface area contributed by atoms with Crippen molar-refractivity contribution in [3.8, 4) is 0 Å². The highest BCUT2D eigenvalue weighted by atomic mass is 19.2. The zero-order chi connectivity index (χ0) is 102. The number of aromatic nitrogens is 2. The number of fused-ring (bicyclic) bond motifs is 2. The number of amides is 8. The van der Waals surface area contributed by atoms with Crippen molar-refractivity contribution >= 4 is 81.1 Å². The van der Waals surface area contributed by atoms with E-state index in [1.54, 1.807) is 45.3 Å². The van der Waals surface area contributed by atoms with Crippen LogP contribution in [0.25, 0.3) is 21.8 Å². The molecule has 10 heterocycles. The van der Waals surface area contributed by atoms with Gasteiger partial charge in [0.15, 0.2) is 69.8 Å². The van der Waals surface area contributed by atoms with Gasteiger partial charge in [-0.05, 0) is 256 Å². The van der Waals surface area contributed by atoms with Crippen molar-refractivity contribution in [2.45, 2.75) is 188 Å². The normalized spacial score (nSPS) is 19.3. The second kappa shape index (κ2) is 52.0. The molecule has 141 heavy (non-hydrogen) atoms. The van der Waals surface area contributed by atoms with E-state index in [0.29, 0.717) is 145 Å². The third-order valence-electron chi connectivity index (χ3n) is 26.9. The highest BCUT2D eigenvalue weighted by molar-refractivity contribution is 5.87. The van der Waals surface area contributed by atoms with Crippen LogP contribution in [0.4, 0.5) is 99.4 Å². The minimum atomic E-state index is -1.48. The average molecular weight is 1990 g/mol. The Kier molecular flexibility index (Phi) is 40.6. The fourth-order valence-electron chi connectivity index (χ4n) is 18.9. The number of carbonyl (C=O) groups excluding carboxylic acids is 6. The van der Waals surface area contributed by atoms with Crippen LogP contribution in [0.15, 0.2) is 109 Å². The predicted molar refractivity (Wildman–Crippen MR) is 524 cm³/mol. The van der Waals surface area contributed by atoms with Crippen LogP contribution in [0.1, 0.15) is 162 Å². The maximum Gasteiger partial charge on any atom is 0.410 e. The molecule has 8 aliphatic rings. The third-order valence-corrected chi connectivity index (χ3v) is 26.9. The molecule has 774 valence electrons. The zero-order valence-electron chi connectivity index (χ0n) is 82.6. The van der Waals surface area contributed by atoms with Crippen LogP contribution in [0, 0.1) is 93.5 Å². The average Bonchev–Trinajstić information content (AvgIpc) is 1.24. The lowest BCUT2D eigenvalue weighted by Gasteiger charge is -2.41. The van der Waals surface area contributed by atoms with Crippen LogP contribution in [-0.2, 0) is 16.0 Å². The van der Waals surface area contributed by atoms with E-state index in [1.165, 1.54) is 16.5 Å². The van der Waals surface area contributed by atoms with E-state index in [0.717, 1.165) is 207 Å². The fourth-order valence-corrected chi connectivity index (χ4v) is 18.9. The number of benzene rings is 6. The number of likely N-dealkylation sites (tertiary alicyclic amines) is 3. The summed E-state index contributed by atoms with van der Waals surface area (Å²) in [6.45, 7) is 35.4. The highest BCUT2D eigenvalue weighted by Gasteiger charge is 2.36. The van der Waals surface area contributed by atoms with E-state index in [4.69, 9.17) is 15.2 Å². The molecule has 8 fully saturated rings. The van der Waals surface area contributed by atoms with E-state index in [-0.39, 0.29) is 60.1 Å². The molecule has 8 saturated heterocycles. The summed E-state index contributed by atoms with van der Waals surface area (Å²) >= 11 is 0. The van der Waals surface area contributed by atoms with Gasteiger partial charge in [-0.1, -0.05) is 6.07 Å². The van der Waals surface area contributed by atoms with Crippen molar-refractivity contribution in [2.75, 3.05) is 177 Å². The maximum atomic E-state index is 13.6. The monoisotopic (exact) mass is 1990 g/mol. The molecular weight excluding hydrogens is 1850 g/mol. The summed E-state index contributed by atoms with van der Waals surface area (Å²) in [5, 5.41) is 17.9. The molecule has 38 heteroatoms. The summed E-state index contributed by atoms with van der Waals surface area (Å²) in [6, 6.07) is 23.7. The second-order valence-corrected chi connectivity index (χ2v) is 39.9. The van der Waals surface area contributed by atoms with Crippen LogP contribution in [0.5, 0.6) is 0 Å². The van der Waals surface area contributed by atoms with Crippen LogP contribution in [0.3, 0.4) is 0 Å². The molecule has 0 bridgehead atoms. The van der Waals surface area contributed by atoms with Crippen LogP contribution in [-0.4, -0.2) is 268 Å². The molecule has 2 aromatic heterocycles.